The molecule has 0 spiro atoms. The van der Waals surface area contributed by atoms with Crippen LogP contribution in [-0.4, -0.2) is 59.3 Å². The van der Waals surface area contributed by atoms with E-state index in [0.717, 1.165) is 13.0 Å². The lowest BCUT2D eigenvalue weighted by Crippen LogP contribution is -2.38. The molecule has 6 heteroatoms. The third kappa shape index (κ3) is 2.86. The molecule has 1 aromatic heterocycles. The Morgan fingerprint density at radius 2 is 2.35 bits per heavy atom. The zero-order chi connectivity index (χ0) is 12.4. The highest BCUT2D eigenvalue weighted by Gasteiger charge is 2.33. The highest BCUT2D eigenvalue weighted by molar-refractivity contribution is 6.32. The Morgan fingerprint density at radius 3 is 3.00 bits per heavy atom. The van der Waals surface area contributed by atoms with Gasteiger partial charge in [-0.2, -0.15) is 0 Å². The van der Waals surface area contributed by atoms with Crippen LogP contribution in [-0.2, 0) is 0 Å². The summed E-state index contributed by atoms with van der Waals surface area (Å²) in [5, 5.41) is 10.3. The van der Waals surface area contributed by atoms with Crippen molar-refractivity contribution < 1.29 is 5.11 Å². The molecule has 17 heavy (non-hydrogen) atoms. The molecule has 1 aromatic rings. The van der Waals surface area contributed by atoms with Crippen LogP contribution < -0.4 is 4.90 Å². The van der Waals surface area contributed by atoms with Gasteiger partial charge in [0, 0.05) is 19.1 Å². The van der Waals surface area contributed by atoms with Crippen LogP contribution in [0.2, 0.25) is 5.02 Å². The maximum Gasteiger partial charge on any atom is 0.151 e. The number of β-amino-alcohol motifs (C(OH)–C–C–N with tert-alkyl or cyclic N) is 1. The zero-order valence-corrected chi connectivity index (χ0v) is 10.8. The molecule has 0 saturated carbocycles. The molecule has 5 nitrogen and oxygen atoms in total. The summed E-state index contributed by atoms with van der Waals surface area (Å²) in [6.07, 6.45) is 3.50. The lowest BCUT2D eigenvalue weighted by Gasteiger charge is -2.28. The van der Waals surface area contributed by atoms with Crippen molar-refractivity contribution in [3.8, 4) is 0 Å². The van der Waals surface area contributed by atoms with Crippen molar-refractivity contribution in [2.75, 3.05) is 32.1 Å². The molecule has 1 aliphatic heterocycles. The number of aromatic nitrogens is 2. The average Bonchev–Trinajstić information content (AvgIpc) is 2.59. The van der Waals surface area contributed by atoms with Gasteiger partial charge in [-0.3, -0.25) is 0 Å². The molecule has 0 bridgehead atoms. The minimum atomic E-state index is -0.314. The van der Waals surface area contributed by atoms with Gasteiger partial charge in [0.15, 0.2) is 5.82 Å². The largest absolute Gasteiger partial charge is 0.391 e. The van der Waals surface area contributed by atoms with Crippen molar-refractivity contribution in [2.45, 2.75) is 18.6 Å². The van der Waals surface area contributed by atoms with Gasteiger partial charge in [-0.15, -0.1) is 0 Å². The van der Waals surface area contributed by atoms with Crippen molar-refractivity contribution in [1.29, 1.82) is 0 Å². The van der Waals surface area contributed by atoms with Crippen LogP contribution in [0.25, 0.3) is 0 Å². The van der Waals surface area contributed by atoms with E-state index >= 15 is 0 Å². The number of aliphatic hydroxyl groups is 1. The monoisotopic (exact) mass is 256 g/mol. The second kappa shape index (κ2) is 5.16. The van der Waals surface area contributed by atoms with E-state index in [1.54, 1.807) is 6.20 Å². The number of likely N-dealkylation sites (N-methyl/N-ethyl adjacent to an activating group) is 1. The first-order chi connectivity index (χ1) is 8.08. The SMILES string of the molecule is CN(C)CC1CC(O)CN1c1ncncc1Cl. The Hall–Kier alpha value is -0.910. The van der Waals surface area contributed by atoms with E-state index in [1.165, 1.54) is 6.33 Å². The van der Waals surface area contributed by atoms with E-state index in [-0.39, 0.29) is 12.1 Å². The lowest BCUT2D eigenvalue weighted by atomic mass is 10.2. The normalized spacial score (nSPS) is 24.6. The standard InChI is InChI=1S/C11H17ClN4O/c1-15(2)5-8-3-9(17)6-16(8)11-10(12)4-13-7-14-11/h4,7-9,17H,3,5-6H2,1-2H3. The van der Waals surface area contributed by atoms with E-state index in [1.807, 2.05) is 14.1 Å². The summed E-state index contributed by atoms with van der Waals surface area (Å²) in [7, 11) is 4.04. The fourth-order valence-electron chi connectivity index (χ4n) is 2.26. The number of rotatable bonds is 3. The molecule has 2 unspecified atom stereocenters. The Kier molecular flexibility index (Phi) is 3.81. The molecule has 94 valence electrons. The van der Waals surface area contributed by atoms with Crippen LogP contribution in [0.3, 0.4) is 0 Å². The molecule has 0 aromatic carbocycles. The van der Waals surface area contributed by atoms with Crippen molar-refractivity contribution in [3.63, 3.8) is 0 Å². The van der Waals surface area contributed by atoms with E-state index in [2.05, 4.69) is 19.8 Å². The van der Waals surface area contributed by atoms with Gasteiger partial charge in [0.25, 0.3) is 0 Å². The summed E-state index contributed by atoms with van der Waals surface area (Å²) in [5.74, 6) is 0.713. The van der Waals surface area contributed by atoms with Gasteiger partial charge in [0.1, 0.15) is 11.3 Å². The van der Waals surface area contributed by atoms with Crippen molar-refractivity contribution in [2.24, 2.45) is 0 Å². The summed E-state index contributed by atoms with van der Waals surface area (Å²) < 4.78 is 0. The summed E-state index contributed by atoms with van der Waals surface area (Å²) in [6, 6.07) is 0.243. The molecular weight excluding hydrogens is 240 g/mol. The van der Waals surface area contributed by atoms with E-state index < -0.39 is 0 Å². The van der Waals surface area contributed by atoms with Gasteiger partial charge in [-0.1, -0.05) is 11.6 Å². The summed E-state index contributed by atoms with van der Waals surface area (Å²) in [4.78, 5) is 12.3. The molecule has 0 amide bonds. The molecule has 0 aliphatic carbocycles. The van der Waals surface area contributed by atoms with Crippen LogP contribution in [0.15, 0.2) is 12.5 Å². The fourth-order valence-corrected chi connectivity index (χ4v) is 2.48. The lowest BCUT2D eigenvalue weighted by molar-refractivity contribution is 0.191. The number of halogens is 1. The molecule has 1 saturated heterocycles. The van der Waals surface area contributed by atoms with Gasteiger partial charge in [-0.05, 0) is 20.5 Å². The van der Waals surface area contributed by atoms with E-state index in [9.17, 15) is 5.11 Å². The first kappa shape index (κ1) is 12.5. The summed E-state index contributed by atoms with van der Waals surface area (Å²) >= 11 is 6.09. The van der Waals surface area contributed by atoms with E-state index in [0.29, 0.717) is 17.4 Å². The highest BCUT2D eigenvalue weighted by Crippen LogP contribution is 2.29. The minimum absolute atomic E-state index is 0.243. The van der Waals surface area contributed by atoms with Crippen molar-refractivity contribution in [1.82, 2.24) is 14.9 Å². The molecule has 1 fully saturated rings. The Labute approximate surface area is 106 Å². The van der Waals surface area contributed by atoms with Crippen molar-refractivity contribution in [3.05, 3.63) is 17.5 Å². The second-order valence-corrected chi connectivity index (χ2v) is 5.06. The maximum atomic E-state index is 9.79. The average molecular weight is 257 g/mol. The third-order valence-corrected chi connectivity index (χ3v) is 3.16. The fraction of sp³-hybridized carbons (Fsp3) is 0.636. The highest BCUT2D eigenvalue weighted by atomic mass is 35.5. The first-order valence-corrected chi connectivity index (χ1v) is 6.00. The first-order valence-electron chi connectivity index (χ1n) is 5.63. The van der Waals surface area contributed by atoms with Gasteiger partial charge in [0.2, 0.25) is 0 Å². The topological polar surface area (TPSA) is 52.5 Å². The molecule has 0 radical (unpaired) electrons. The maximum absolute atomic E-state index is 9.79. The molecule has 1 N–H and O–H groups in total. The van der Waals surface area contributed by atoms with Crippen molar-refractivity contribution >= 4 is 17.4 Å². The number of anilines is 1. The molecule has 2 atom stereocenters. The number of aliphatic hydroxyl groups excluding tert-OH is 1. The molecule has 1 aliphatic rings. The Balaban J connectivity index is 2.21. The Bertz CT molecular complexity index is 387. The van der Waals surface area contributed by atoms with Gasteiger partial charge >= 0.3 is 0 Å². The third-order valence-electron chi connectivity index (χ3n) is 2.89. The van der Waals surface area contributed by atoms with Crippen LogP contribution >= 0.6 is 11.6 Å². The molecular formula is C11H17ClN4O. The van der Waals surface area contributed by atoms with E-state index in [4.69, 9.17) is 11.6 Å². The summed E-state index contributed by atoms with van der Waals surface area (Å²) in [6.45, 7) is 1.45. The second-order valence-electron chi connectivity index (χ2n) is 4.65. The van der Waals surface area contributed by atoms with Gasteiger partial charge in [-0.25, -0.2) is 9.97 Å². The number of hydrogen-bond donors (Lipinski definition) is 1. The van der Waals surface area contributed by atoms with Crippen LogP contribution in [0, 0.1) is 0 Å². The van der Waals surface area contributed by atoms with Crippen LogP contribution in [0.1, 0.15) is 6.42 Å². The smallest absolute Gasteiger partial charge is 0.151 e. The number of nitrogens with zero attached hydrogens (tertiary/aromatic N) is 4. The summed E-state index contributed by atoms with van der Waals surface area (Å²) in [5.41, 5.74) is 0. The van der Waals surface area contributed by atoms with Crippen LogP contribution in [0.4, 0.5) is 5.82 Å². The Morgan fingerprint density at radius 1 is 1.59 bits per heavy atom. The van der Waals surface area contributed by atoms with Gasteiger partial charge < -0.3 is 14.9 Å². The minimum Gasteiger partial charge on any atom is -0.391 e. The number of hydrogen-bond acceptors (Lipinski definition) is 5. The predicted molar refractivity (Wildman–Crippen MR) is 67.4 cm³/mol. The zero-order valence-electron chi connectivity index (χ0n) is 10.0. The van der Waals surface area contributed by atoms with Crippen LogP contribution in [0.5, 0.6) is 0 Å². The molecule has 2 heterocycles. The quantitative estimate of drug-likeness (QED) is 0.860. The molecule has 2 rings (SSSR count). The predicted octanol–water partition coefficient (Wildman–Crippen LogP) is 0.631. The van der Waals surface area contributed by atoms with Gasteiger partial charge in [0.05, 0.1) is 12.3 Å².